The van der Waals surface area contributed by atoms with E-state index >= 15 is 0 Å². The molecule has 0 bridgehead atoms. The lowest BCUT2D eigenvalue weighted by molar-refractivity contribution is -0.112. The maximum atomic E-state index is 11.8. The fourth-order valence-electron chi connectivity index (χ4n) is 3.23. The Hall–Kier alpha value is -0.963. The summed E-state index contributed by atoms with van der Waals surface area (Å²) in [5, 5.41) is 2.78. The largest absolute Gasteiger partial charge is 0.500 e. The van der Waals surface area contributed by atoms with Gasteiger partial charge in [0.15, 0.2) is 0 Å². The molecule has 0 radical (unpaired) electrons. The van der Waals surface area contributed by atoms with E-state index in [-0.39, 0.29) is 12.0 Å². The second kappa shape index (κ2) is 13.2. The van der Waals surface area contributed by atoms with Crippen molar-refractivity contribution < 1.29 is 27.6 Å². The van der Waals surface area contributed by atoms with Crippen LogP contribution in [0.2, 0.25) is 6.04 Å². The molecule has 1 aliphatic carbocycles. The number of hydrogen-bond donors (Lipinski definition) is 1. The molecule has 0 saturated heterocycles. The molecule has 26 heavy (non-hydrogen) atoms. The molecule has 0 aromatic carbocycles. The summed E-state index contributed by atoms with van der Waals surface area (Å²) in [6.45, 7) is 8.36. The van der Waals surface area contributed by atoms with Gasteiger partial charge in [-0.2, -0.15) is 0 Å². The van der Waals surface area contributed by atoms with Gasteiger partial charge in [0, 0.05) is 38.3 Å². The van der Waals surface area contributed by atoms with Gasteiger partial charge in [-0.25, -0.2) is 4.79 Å². The lowest BCUT2D eigenvalue weighted by atomic mass is 9.83. The number of rotatable bonds is 13. The van der Waals surface area contributed by atoms with Crippen molar-refractivity contribution in [1.29, 1.82) is 0 Å². The van der Waals surface area contributed by atoms with E-state index in [1.165, 1.54) is 0 Å². The zero-order chi connectivity index (χ0) is 19.3. The first-order valence-electron chi connectivity index (χ1n) is 9.86. The first-order valence-corrected chi connectivity index (χ1v) is 11.8. The van der Waals surface area contributed by atoms with Crippen molar-refractivity contribution in [3.8, 4) is 0 Å². The Labute approximate surface area is 158 Å². The van der Waals surface area contributed by atoms with Crippen LogP contribution in [0.4, 0.5) is 4.79 Å². The number of carbonyl (C=O) groups excluding carboxylic acids is 2. The normalized spacial score (nSPS) is 20.6. The molecule has 0 unspecified atom stereocenters. The highest BCUT2D eigenvalue weighted by molar-refractivity contribution is 6.60. The summed E-state index contributed by atoms with van der Waals surface area (Å²) in [5.74, 6) is 0.552. The minimum atomic E-state index is -2.64. The maximum Gasteiger partial charge on any atom is 0.500 e. The Kier molecular flexibility index (Phi) is 11.8. The molecule has 0 heterocycles. The van der Waals surface area contributed by atoms with E-state index in [9.17, 15) is 9.59 Å². The van der Waals surface area contributed by atoms with Crippen LogP contribution in [0.3, 0.4) is 0 Å². The highest BCUT2D eigenvalue weighted by Gasteiger charge is 2.39. The van der Waals surface area contributed by atoms with E-state index in [1.807, 2.05) is 20.8 Å². The van der Waals surface area contributed by atoms with Gasteiger partial charge in [-0.05, 0) is 58.8 Å². The van der Waals surface area contributed by atoms with E-state index in [4.69, 9.17) is 18.0 Å². The zero-order valence-corrected chi connectivity index (χ0v) is 17.5. The molecule has 0 aliphatic heterocycles. The highest BCUT2D eigenvalue weighted by Crippen LogP contribution is 2.27. The maximum absolute atomic E-state index is 11.8. The van der Waals surface area contributed by atoms with Gasteiger partial charge in [0.1, 0.15) is 6.29 Å². The number of carbonyl (C=O) groups is 2. The van der Waals surface area contributed by atoms with Gasteiger partial charge in [0.05, 0.1) is 6.61 Å². The predicted octanol–water partition coefficient (Wildman–Crippen LogP) is 3.16. The minimum absolute atomic E-state index is 0.186. The second-order valence-corrected chi connectivity index (χ2v) is 9.26. The fourth-order valence-corrected chi connectivity index (χ4v) is 5.84. The monoisotopic (exact) mass is 389 g/mol. The molecule has 1 aliphatic rings. The van der Waals surface area contributed by atoms with E-state index in [2.05, 4.69) is 5.32 Å². The van der Waals surface area contributed by atoms with Crippen molar-refractivity contribution in [1.82, 2.24) is 5.32 Å². The van der Waals surface area contributed by atoms with Crippen molar-refractivity contribution in [3.63, 3.8) is 0 Å². The molecular weight excluding hydrogens is 354 g/mol. The SMILES string of the molecule is CCO[Si](CCCNC(=O)OCC1CCC(C=O)CC1)(OCC)OCC. The van der Waals surface area contributed by atoms with Gasteiger partial charge in [-0.1, -0.05) is 0 Å². The Morgan fingerprint density at radius 3 is 2.12 bits per heavy atom. The third-order valence-electron chi connectivity index (χ3n) is 4.56. The van der Waals surface area contributed by atoms with E-state index in [0.717, 1.165) is 32.0 Å². The Morgan fingerprint density at radius 1 is 1.04 bits per heavy atom. The number of aldehydes is 1. The Morgan fingerprint density at radius 2 is 1.62 bits per heavy atom. The third-order valence-corrected chi connectivity index (χ3v) is 7.71. The molecule has 8 heteroatoms. The smallest absolute Gasteiger partial charge is 0.449 e. The molecule has 1 fully saturated rings. The number of alkyl carbamates (subject to hydrolysis) is 1. The topological polar surface area (TPSA) is 83.1 Å². The standard InChI is InChI=1S/C18H35NO6Si/c1-4-23-26(24-5-2,25-6-3)13-7-12-19-18(21)22-15-17-10-8-16(14-20)9-11-17/h14,16-17H,4-13,15H2,1-3H3,(H,19,21). The van der Waals surface area contributed by atoms with Crippen LogP contribution in [-0.4, -0.2) is 54.2 Å². The molecule has 7 nitrogen and oxygen atoms in total. The average Bonchev–Trinajstić information content (AvgIpc) is 2.65. The van der Waals surface area contributed by atoms with E-state index in [1.54, 1.807) is 0 Å². The number of hydrogen-bond acceptors (Lipinski definition) is 6. The summed E-state index contributed by atoms with van der Waals surface area (Å²) in [4.78, 5) is 22.6. The summed E-state index contributed by atoms with van der Waals surface area (Å²) >= 11 is 0. The molecule has 1 amide bonds. The molecule has 152 valence electrons. The molecule has 1 N–H and O–H groups in total. The van der Waals surface area contributed by atoms with Gasteiger partial charge in [0.2, 0.25) is 0 Å². The molecular formula is C18H35NO6Si. The van der Waals surface area contributed by atoms with Crippen molar-refractivity contribution in [2.75, 3.05) is 33.0 Å². The van der Waals surface area contributed by atoms with E-state index in [0.29, 0.717) is 51.4 Å². The average molecular weight is 390 g/mol. The van der Waals surface area contributed by atoms with E-state index < -0.39 is 8.80 Å². The number of amides is 1. The van der Waals surface area contributed by atoms with Crippen LogP contribution in [0.15, 0.2) is 0 Å². The summed E-state index contributed by atoms with van der Waals surface area (Å²) in [6.07, 6.45) is 5.06. The summed E-state index contributed by atoms with van der Waals surface area (Å²) in [5.41, 5.74) is 0. The fraction of sp³-hybridized carbons (Fsp3) is 0.889. The first kappa shape index (κ1) is 23.1. The molecule has 1 rings (SSSR count). The van der Waals surface area contributed by atoms with Crippen molar-refractivity contribution in [3.05, 3.63) is 0 Å². The molecule has 0 aromatic heterocycles. The molecule has 0 atom stereocenters. The molecule has 1 saturated carbocycles. The number of ether oxygens (including phenoxy) is 1. The second-order valence-electron chi connectivity index (χ2n) is 6.53. The van der Waals surface area contributed by atoms with Crippen LogP contribution in [-0.2, 0) is 22.8 Å². The van der Waals surface area contributed by atoms with Crippen LogP contribution >= 0.6 is 0 Å². The molecule has 0 aromatic rings. The Bertz CT molecular complexity index is 384. The lowest BCUT2D eigenvalue weighted by Gasteiger charge is -2.28. The summed E-state index contributed by atoms with van der Waals surface area (Å²) in [7, 11) is -2.64. The zero-order valence-electron chi connectivity index (χ0n) is 16.5. The van der Waals surface area contributed by atoms with Gasteiger partial charge in [-0.15, -0.1) is 0 Å². The van der Waals surface area contributed by atoms with Gasteiger partial charge >= 0.3 is 14.9 Å². The van der Waals surface area contributed by atoms with Crippen LogP contribution in [0.1, 0.15) is 52.9 Å². The van der Waals surface area contributed by atoms with Crippen LogP contribution in [0.25, 0.3) is 0 Å². The van der Waals surface area contributed by atoms with Crippen molar-refractivity contribution in [2.24, 2.45) is 11.8 Å². The van der Waals surface area contributed by atoms with Crippen molar-refractivity contribution in [2.45, 2.75) is 58.9 Å². The predicted molar refractivity (Wildman–Crippen MR) is 101 cm³/mol. The van der Waals surface area contributed by atoms with Gasteiger partial charge < -0.3 is 28.1 Å². The summed E-state index contributed by atoms with van der Waals surface area (Å²) in [6, 6.07) is 0.665. The van der Waals surface area contributed by atoms with Gasteiger partial charge in [0.25, 0.3) is 0 Å². The first-order chi connectivity index (χ1) is 12.6. The highest BCUT2D eigenvalue weighted by atomic mass is 28.4. The summed E-state index contributed by atoms with van der Waals surface area (Å²) < 4.78 is 22.7. The Balaban J connectivity index is 2.22. The lowest BCUT2D eigenvalue weighted by Crippen LogP contribution is -2.46. The van der Waals surface area contributed by atoms with Crippen molar-refractivity contribution >= 4 is 21.2 Å². The van der Waals surface area contributed by atoms with Crippen LogP contribution in [0.5, 0.6) is 0 Å². The quantitative estimate of drug-likeness (QED) is 0.296. The number of nitrogens with one attached hydrogen (secondary N) is 1. The van der Waals surface area contributed by atoms with Crippen LogP contribution in [0, 0.1) is 11.8 Å². The minimum Gasteiger partial charge on any atom is -0.449 e. The third kappa shape index (κ3) is 8.61. The van der Waals surface area contributed by atoms with Gasteiger partial charge in [-0.3, -0.25) is 0 Å². The molecule has 0 spiro atoms. The van der Waals surface area contributed by atoms with Crippen LogP contribution < -0.4 is 5.32 Å².